The van der Waals surface area contributed by atoms with E-state index in [-0.39, 0.29) is 0 Å². The average Bonchev–Trinajstić information content (AvgIpc) is 3.94. The van der Waals surface area contributed by atoms with Crippen molar-refractivity contribution in [2.24, 2.45) is 0 Å². The zero-order chi connectivity index (χ0) is 34.9. The van der Waals surface area contributed by atoms with E-state index in [4.69, 9.17) is 28.8 Å². The van der Waals surface area contributed by atoms with E-state index in [0.29, 0.717) is 28.9 Å². The van der Waals surface area contributed by atoms with Gasteiger partial charge in [-0.15, -0.1) is 11.3 Å². The molecule has 0 saturated carbocycles. The summed E-state index contributed by atoms with van der Waals surface area (Å²) in [5.74, 6) is 2.26. The summed E-state index contributed by atoms with van der Waals surface area (Å²) in [6.07, 6.45) is 0. The van der Waals surface area contributed by atoms with Crippen LogP contribution in [0.4, 0.5) is 0 Å². The third-order valence-electron chi connectivity index (χ3n) is 9.79. The molecule has 0 aliphatic rings. The van der Waals surface area contributed by atoms with E-state index in [0.717, 1.165) is 55.3 Å². The number of aromatic nitrogens is 4. The monoisotopic (exact) mass is 698 g/mol. The summed E-state index contributed by atoms with van der Waals surface area (Å²) < 4.78 is 15.3. The van der Waals surface area contributed by atoms with Crippen molar-refractivity contribution in [1.82, 2.24) is 19.9 Å². The molecule has 11 rings (SSSR count). The Hall–Kier alpha value is -6.96. The molecular weight excluding hydrogens is 673 g/mol. The fourth-order valence-corrected chi connectivity index (χ4v) is 8.57. The van der Waals surface area contributed by atoms with Gasteiger partial charge in [-0.2, -0.15) is 0 Å². The van der Waals surface area contributed by atoms with E-state index >= 15 is 0 Å². The molecule has 0 saturated heterocycles. The maximum absolute atomic E-state index is 6.58. The van der Waals surface area contributed by atoms with E-state index in [9.17, 15) is 0 Å². The molecule has 0 aliphatic carbocycles. The van der Waals surface area contributed by atoms with Gasteiger partial charge in [0.05, 0.1) is 5.56 Å². The van der Waals surface area contributed by atoms with Crippen molar-refractivity contribution in [3.63, 3.8) is 0 Å². The molecular formula is C46H26N4O2S. The number of rotatable bonds is 5. The Morgan fingerprint density at radius 3 is 1.96 bits per heavy atom. The van der Waals surface area contributed by atoms with Crippen LogP contribution < -0.4 is 0 Å². The molecule has 4 heterocycles. The highest BCUT2D eigenvalue weighted by atomic mass is 32.1. The van der Waals surface area contributed by atoms with E-state index in [1.165, 1.54) is 25.7 Å². The minimum absolute atomic E-state index is 0.512. The molecule has 0 fully saturated rings. The van der Waals surface area contributed by atoms with Crippen molar-refractivity contribution >= 4 is 64.5 Å². The Morgan fingerprint density at radius 2 is 1.06 bits per heavy atom. The lowest BCUT2D eigenvalue weighted by molar-refractivity contribution is 0.615. The lowest BCUT2D eigenvalue weighted by Crippen LogP contribution is -2.00. The van der Waals surface area contributed by atoms with Crippen LogP contribution in [-0.4, -0.2) is 19.9 Å². The third-order valence-corrected chi connectivity index (χ3v) is 11.0. The largest absolute Gasteiger partial charge is 0.455 e. The van der Waals surface area contributed by atoms with Gasteiger partial charge in [-0.25, -0.2) is 19.9 Å². The molecule has 53 heavy (non-hydrogen) atoms. The van der Waals surface area contributed by atoms with Crippen LogP contribution in [0.2, 0.25) is 0 Å². The van der Waals surface area contributed by atoms with Crippen LogP contribution in [0, 0.1) is 0 Å². The standard InChI is InChI=1S/C46H26N4O2S/c1-2-12-27(13-3-1)43-48-44(29-15-8-14-28(26-29)30-17-9-18-32-31-16-4-7-25-39(31)53-42(30)32)50-45(49-43)34-20-11-24-38-40(34)33-19-10-21-35(41(33)51-38)46-47-36-22-5-6-23-37(36)52-46/h1-26H. The highest BCUT2D eigenvalue weighted by molar-refractivity contribution is 7.26. The maximum atomic E-state index is 6.58. The lowest BCUT2D eigenvalue weighted by atomic mass is 10.0. The molecule has 7 heteroatoms. The third kappa shape index (κ3) is 4.86. The first kappa shape index (κ1) is 29.7. The molecule has 0 unspecified atom stereocenters. The molecule has 0 N–H and O–H groups in total. The van der Waals surface area contributed by atoms with Gasteiger partial charge in [0.15, 0.2) is 23.1 Å². The normalized spacial score (nSPS) is 11.8. The minimum Gasteiger partial charge on any atom is -0.455 e. The average molecular weight is 699 g/mol. The van der Waals surface area contributed by atoms with Crippen LogP contribution in [0.3, 0.4) is 0 Å². The number of fused-ring (bicyclic) bond motifs is 7. The van der Waals surface area contributed by atoms with Gasteiger partial charge in [0.25, 0.3) is 0 Å². The molecule has 11 aromatic rings. The number of para-hydroxylation sites is 3. The summed E-state index contributed by atoms with van der Waals surface area (Å²) in [6.45, 7) is 0. The second-order valence-electron chi connectivity index (χ2n) is 13.0. The predicted octanol–water partition coefficient (Wildman–Crippen LogP) is 12.6. The molecule has 0 atom stereocenters. The lowest BCUT2D eigenvalue weighted by Gasteiger charge is -2.10. The van der Waals surface area contributed by atoms with Crippen LogP contribution in [0.1, 0.15) is 0 Å². The van der Waals surface area contributed by atoms with Crippen molar-refractivity contribution in [3.05, 3.63) is 158 Å². The first-order chi connectivity index (χ1) is 26.2. The molecule has 0 spiro atoms. The summed E-state index contributed by atoms with van der Waals surface area (Å²) in [7, 11) is 0. The van der Waals surface area contributed by atoms with Crippen LogP contribution >= 0.6 is 11.3 Å². The molecule has 7 aromatic carbocycles. The number of hydrogen-bond donors (Lipinski definition) is 0. The van der Waals surface area contributed by atoms with E-state index in [1.807, 2.05) is 90.2 Å². The molecule has 248 valence electrons. The van der Waals surface area contributed by atoms with Gasteiger partial charge in [0.1, 0.15) is 16.7 Å². The molecule has 0 bridgehead atoms. The second kappa shape index (κ2) is 11.8. The minimum atomic E-state index is 0.512. The van der Waals surface area contributed by atoms with Gasteiger partial charge >= 0.3 is 0 Å². The molecule has 0 aliphatic heterocycles. The second-order valence-corrected chi connectivity index (χ2v) is 14.0. The first-order valence-electron chi connectivity index (χ1n) is 17.4. The highest BCUT2D eigenvalue weighted by Gasteiger charge is 2.21. The number of benzene rings is 7. The summed E-state index contributed by atoms with van der Waals surface area (Å²) in [6, 6.07) is 53.6. The van der Waals surface area contributed by atoms with Crippen LogP contribution in [0.15, 0.2) is 167 Å². The smallest absolute Gasteiger partial charge is 0.231 e. The first-order valence-corrected chi connectivity index (χ1v) is 18.2. The summed E-state index contributed by atoms with van der Waals surface area (Å²) in [5, 5.41) is 4.39. The summed E-state index contributed by atoms with van der Waals surface area (Å²) in [5.41, 5.74) is 8.69. The Balaban J connectivity index is 1.10. The molecule has 0 amide bonds. The summed E-state index contributed by atoms with van der Waals surface area (Å²) in [4.78, 5) is 20.1. The Morgan fingerprint density at radius 1 is 0.415 bits per heavy atom. The van der Waals surface area contributed by atoms with E-state index < -0.39 is 0 Å². The van der Waals surface area contributed by atoms with Gasteiger partial charge in [-0.3, -0.25) is 0 Å². The van der Waals surface area contributed by atoms with Crippen LogP contribution in [0.5, 0.6) is 0 Å². The SMILES string of the molecule is c1ccc(-c2nc(-c3cccc(-c4cccc5c4sc4ccccc45)c3)nc(-c3cccc4oc5c(-c6nc7ccccc7o6)cccc5c34)n2)cc1. The van der Waals surface area contributed by atoms with Crippen LogP contribution in [0.25, 0.3) is 110 Å². The van der Waals surface area contributed by atoms with E-state index in [2.05, 4.69) is 78.9 Å². The van der Waals surface area contributed by atoms with Gasteiger partial charge < -0.3 is 8.83 Å². The van der Waals surface area contributed by atoms with Crippen LogP contribution in [-0.2, 0) is 0 Å². The molecule has 0 radical (unpaired) electrons. The van der Waals surface area contributed by atoms with Crippen molar-refractivity contribution in [1.29, 1.82) is 0 Å². The topological polar surface area (TPSA) is 77.8 Å². The zero-order valence-corrected chi connectivity index (χ0v) is 28.8. The molecule has 4 aromatic heterocycles. The van der Waals surface area contributed by atoms with Gasteiger partial charge in [0.2, 0.25) is 5.89 Å². The number of thiophene rings is 1. The predicted molar refractivity (Wildman–Crippen MR) is 215 cm³/mol. The number of nitrogens with zero attached hydrogens (tertiary/aromatic N) is 4. The molecule has 6 nitrogen and oxygen atoms in total. The van der Waals surface area contributed by atoms with Crippen molar-refractivity contribution in [3.8, 4) is 56.7 Å². The van der Waals surface area contributed by atoms with Gasteiger partial charge in [-0.1, -0.05) is 121 Å². The Bertz CT molecular complexity index is 3160. The van der Waals surface area contributed by atoms with Crippen molar-refractivity contribution in [2.45, 2.75) is 0 Å². The van der Waals surface area contributed by atoms with Gasteiger partial charge in [0, 0.05) is 47.6 Å². The Labute approximate surface area is 306 Å². The van der Waals surface area contributed by atoms with Crippen molar-refractivity contribution < 1.29 is 8.83 Å². The fraction of sp³-hybridized carbons (Fsp3) is 0. The Kier molecular flexibility index (Phi) is 6.62. The number of furan rings is 1. The number of hydrogen-bond acceptors (Lipinski definition) is 7. The number of oxazole rings is 1. The zero-order valence-electron chi connectivity index (χ0n) is 28.0. The highest BCUT2D eigenvalue weighted by Crippen LogP contribution is 2.42. The quantitative estimate of drug-likeness (QED) is 0.178. The van der Waals surface area contributed by atoms with Crippen molar-refractivity contribution in [2.75, 3.05) is 0 Å². The fourth-order valence-electron chi connectivity index (χ4n) is 7.33. The maximum Gasteiger partial charge on any atom is 0.231 e. The summed E-state index contributed by atoms with van der Waals surface area (Å²) >= 11 is 1.83. The van der Waals surface area contributed by atoms with E-state index in [1.54, 1.807) is 0 Å². The van der Waals surface area contributed by atoms with Gasteiger partial charge in [-0.05, 0) is 47.5 Å².